The first-order valence-corrected chi connectivity index (χ1v) is 8.17. The molecule has 0 saturated heterocycles. The van der Waals surface area contributed by atoms with E-state index in [0.717, 1.165) is 6.08 Å². The molecule has 0 radical (unpaired) electrons. The lowest BCUT2D eigenvalue weighted by Gasteiger charge is -2.41. The van der Waals surface area contributed by atoms with Crippen molar-refractivity contribution in [1.82, 2.24) is 0 Å². The van der Waals surface area contributed by atoms with Crippen LogP contribution in [0.25, 0.3) is 11.1 Å². The van der Waals surface area contributed by atoms with E-state index >= 15 is 0 Å². The molecular weight excluding hydrogens is 384 g/mol. The number of benzene rings is 2. The van der Waals surface area contributed by atoms with Gasteiger partial charge in [0.05, 0.1) is 0 Å². The highest BCUT2D eigenvalue weighted by Gasteiger charge is 2.74. The van der Waals surface area contributed by atoms with Crippen LogP contribution in [0.15, 0.2) is 78.5 Å². The van der Waals surface area contributed by atoms with Crippen LogP contribution in [-0.4, -0.2) is 18.5 Å². The van der Waals surface area contributed by atoms with E-state index in [9.17, 15) is 26.3 Å². The summed E-state index contributed by atoms with van der Waals surface area (Å²) in [5.74, 6) is -0.102. The zero-order chi connectivity index (χ0) is 20.6. The third-order valence-corrected chi connectivity index (χ3v) is 4.47. The van der Waals surface area contributed by atoms with E-state index in [0.29, 0.717) is 17.2 Å². The number of hydrogen-bond donors (Lipinski definition) is 1. The molecule has 0 aromatic heterocycles. The molecule has 0 heterocycles. The van der Waals surface area contributed by atoms with Crippen molar-refractivity contribution in [2.45, 2.75) is 18.5 Å². The largest absolute Gasteiger partial charge is 0.484 e. The molecule has 0 amide bonds. The smallest absolute Gasteiger partial charge is 0.410 e. The number of nitrogens with two attached hydrogens (primary N) is 1. The fourth-order valence-corrected chi connectivity index (χ4v) is 3.09. The summed E-state index contributed by atoms with van der Waals surface area (Å²) in [5, 5.41) is 0. The number of para-hydroxylation sites is 1. The molecule has 0 spiro atoms. The fourth-order valence-electron chi connectivity index (χ4n) is 3.09. The van der Waals surface area contributed by atoms with Crippen LogP contribution in [0.4, 0.5) is 26.3 Å². The van der Waals surface area contributed by atoms with Crippen LogP contribution in [0.5, 0.6) is 5.75 Å². The summed E-state index contributed by atoms with van der Waals surface area (Å²) in [6.07, 6.45) is -12.1. The maximum Gasteiger partial charge on any atom is 0.410 e. The molecule has 0 saturated carbocycles. The summed E-state index contributed by atoms with van der Waals surface area (Å²) >= 11 is 0. The van der Waals surface area contributed by atoms with Crippen LogP contribution in [0.1, 0.15) is 0 Å². The van der Waals surface area contributed by atoms with Crippen molar-refractivity contribution in [3.8, 4) is 16.9 Å². The van der Waals surface area contributed by atoms with E-state index in [2.05, 4.69) is 0 Å². The average molecular weight is 399 g/mol. The Kier molecular flexibility index (Phi) is 4.91. The molecule has 8 heteroatoms. The molecule has 2 aromatic carbocycles. The van der Waals surface area contributed by atoms with Crippen LogP contribution >= 0.6 is 0 Å². The third kappa shape index (κ3) is 3.34. The predicted molar refractivity (Wildman–Crippen MR) is 92.2 cm³/mol. The van der Waals surface area contributed by atoms with Crippen LogP contribution in [0.2, 0.25) is 0 Å². The Morgan fingerprint density at radius 3 is 2.00 bits per heavy atom. The van der Waals surface area contributed by atoms with Gasteiger partial charge in [0.1, 0.15) is 11.9 Å². The van der Waals surface area contributed by atoms with Crippen molar-refractivity contribution in [3.63, 3.8) is 0 Å². The standard InChI is InChI=1S/C20H15F6NO/c21-19(22,23)18(20(24,25)26)12-14(27)10-11-17(18)28-16-9-5-4-8-15(16)13-6-2-1-3-7-13/h1-12,17H,27H2. The van der Waals surface area contributed by atoms with Gasteiger partial charge in [0, 0.05) is 11.3 Å². The minimum absolute atomic E-state index is 0.0250. The summed E-state index contributed by atoms with van der Waals surface area (Å²) in [5.41, 5.74) is 1.37. The van der Waals surface area contributed by atoms with Crippen LogP contribution < -0.4 is 10.5 Å². The minimum atomic E-state index is -5.67. The SMILES string of the molecule is NC1=CC(C(F)(F)F)(C(F)(F)F)C(Oc2ccccc2-c2ccccc2)C=C1. The van der Waals surface area contributed by atoms with Gasteiger partial charge >= 0.3 is 12.4 Å². The number of halogens is 6. The molecule has 28 heavy (non-hydrogen) atoms. The van der Waals surface area contributed by atoms with Crippen LogP contribution in [0, 0.1) is 5.41 Å². The molecule has 1 atom stereocenters. The Morgan fingerprint density at radius 1 is 0.821 bits per heavy atom. The number of rotatable bonds is 3. The van der Waals surface area contributed by atoms with E-state index in [1.807, 2.05) is 0 Å². The van der Waals surface area contributed by atoms with Gasteiger partial charge in [-0.1, -0.05) is 48.5 Å². The molecule has 2 nitrogen and oxygen atoms in total. The first-order chi connectivity index (χ1) is 13.1. The monoisotopic (exact) mass is 399 g/mol. The molecule has 148 valence electrons. The van der Waals surface area contributed by atoms with E-state index in [4.69, 9.17) is 10.5 Å². The summed E-state index contributed by atoms with van der Waals surface area (Å²) in [7, 11) is 0. The molecule has 3 rings (SSSR count). The molecule has 0 aliphatic heterocycles. The molecule has 2 N–H and O–H groups in total. The first-order valence-electron chi connectivity index (χ1n) is 8.17. The summed E-state index contributed by atoms with van der Waals surface area (Å²) < 4.78 is 87.6. The molecule has 1 aliphatic carbocycles. The van der Waals surface area contributed by atoms with E-state index in [-0.39, 0.29) is 11.8 Å². The van der Waals surface area contributed by atoms with Crippen molar-refractivity contribution in [2.75, 3.05) is 0 Å². The zero-order valence-electron chi connectivity index (χ0n) is 14.3. The second-order valence-electron chi connectivity index (χ2n) is 6.27. The van der Waals surface area contributed by atoms with Crippen molar-refractivity contribution in [3.05, 3.63) is 78.5 Å². The van der Waals surface area contributed by atoms with Gasteiger partial charge < -0.3 is 10.5 Å². The quantitative estimate of drug-likeness (QED) is 0.680. The van der Waals surface area contributed by atoms with Gasteiger partial charge in [-0.3, -0.25) is 0 Å². The Bertz CT molecular complexity index is 885. The highest BCUT2D eigenvalue weighted by atomic mass is 19.4. The summed E-state index contributed by atoms with van der Waals surface area (Å²) in [6.45, 7) is 0. The van der Waals surface area contributed by atoms with Crippen molar-refractivity contribution >= 4 is 0 Å². The number of alkyl halides is 6. The van der Waals surface area contributed by atoms with Crippen molar-refractivity contribution < 1.29 is 31.1 Å². The molecular formula is C20H15F6NO. The van der Waals surface area contributed by atoms with Crippen molar-refractivity contribution in [1.29, 1.82) is 0 Å². The highest BCUT2D eigenvalue weighted by molar-refractivity contribution is 5.70. The Balaban J connectivity index is 2.11. The highest BCUT2D eigenvalue weighted by Crippen LogP contribution is 2.56. The molecule has 0 bridgehead atoms. The lowest BCUT2D eigenvalue weighted by molar-refractivity contribution is -0.337. The van der Waals surface area contributed by atoms with Crippen molar-refractivity contribution in [2.24, 2.45) is 11.1 Å². The predicted octanol–water partition coefficient (Wildman–Crippen LogP) is 5.62. The maximum absolute atomic E-state index is 13.7. The lowest BCUT2D eigenvalue weighted by atomic mass is 9.76. The van der Waals surface area contributed by atoms with Crippen LogP contribution in [-0.2, 0) is 0 Å². The van der Waals surface area contributed by atoms with E-state index in [1.54, 1.807) is 42.5 Å². The third-order valence-electron chi connectivity index (χ3n) is 4.47. The van der Waals surface area contributed by atoms with Crippen LogP contribution in [0.3, 0.4) is 0 Å². The normalized spacial score (nSPS) is 19.2. The average Bonchev–Trinajstić information content (AvgIpc) is 2.62. The second kappa shape index (κ2) is 6.92. The maximum atomic E-state index is 13.7. The minimum Gasteiger partial charge on any atom is -0.484 e. The molecule has 1 aliphatic rings. The number of allylic oxidation sites excluding steroid dienone is 1. The number of hydrogen-bond acceptors (Lipinski definition) is 2. The van der Waals surface area contributed by atoms with Gasteiger partial charge in [0.25, 0.3) is 0 Å². The topological polar surface area (TPSA) is 35.2 Å². The Labute approximate surface area is 156 Å². The summed E-state index contributed by atoms with van der Waals surface area (Å²) in [6, 6.07) is 14.5. The van der Waals surface area contributed by atoms with Gasteiger partial charge in [0.15, 0.2) is 0 Å². The van der Waals surface area contributed by atoms with Gasteiger partial charge in [-0.25, -0.2) is 0 Å². The zero-order valence-corrected chi connectivity index (χ0v) is 14.3. The first kappa shape index (κ1) is 19.9. The second-order valence-corrected chi connectivity index (χ2v) is 6.27. The van der Waals surface area contributed by atoms with Gasteiger partial charge in [-0.2, -0.15) is 26.3 Å². The Hall–Kier alpha value is -2.90. The fraction of sp³-hybridized carbons (Fsp3) is 0.200. The molecule has 2 aromatic rings. The Morgan fingerprint density at radius 2 is 1.39 bits per heavy atom. The van der Waals surface area contributed by atoms with E-state index < -0.39 is 29.6 Å². The van der Waals surface area contributed by atoms with E-state index in [1.165, 1.54) is 12.1 Å². The molecule has 1 unspecified atom stereocenters. The molecule has 0 fully saturated rings. The summed E-state index contributed by atoms with van der Waals surface area (Å²) in [4.78, 5) is 0. The van der Waals surface area contributed by atoms with Gasteiger partial charge in [0.2, 0.25) is 5.41 Å². The lowest BCUT2D eigenvalue weighted by Crippen LogP contribution is -2.58. The van der Waals surface area contributed by atoms with Gasteiger partial charge in [-0.05, 0) is 29.9 Å². The van der Waals surface area contributed by atoms with Gasteiger partial charge in [-0.15, -0.1) is 0 Å². The number of ether oxygens (including phenoxy) is 1.